The second-order valence-corrected chi connectivity index (χ2v) is 5.87. The Morgan fingerprint density at radius 1 is 1.08 bits per heavy atom. The Morgan fingerprint density at radius 3 is 2.54 bits per heavy atom. The maximum Gasteiger partial charge on any atom is 0.189 e. The van der Waals surface area contributed by atoms with Crippen molar-refractivity contribution in [2.24, 2.45) is 5.10 Å². The Hall–Kier alpha value is -2.94. The van der Waals surface area contributed by atoms with Crippen molar-refractivity contribution in [3.05, 3.63) is 89.0 Å². The van der Waals surface area contributed by atoms with E-state index in [9.17, 15) is 4.79 Å². The smallest absolute Gasteiger partial charge is 0.189 e. The Kier molecular flexibility index (Phi) is 4.71. The third-order valence-electron chi connectivity index (χ3n) is 4.04. The average Bonchev–Trinajstić information content (AvgIpc) is 2.92. The zero-order chi connectivity index (χ0) is 16.9. The van der Waals surface area contributed by atoms with Crippen LogP contribution in [-0.4, -0.2) is 19.0 Å². The molecule has 0 saturated heterocycles. The molecular weight excluding hydrogens is 296 g/mol. The molecule has 0 fully saturated rings. The number of nitrogens with zero attached hydrogens (tertiary/aromatic N) is 2. The molecule has 0 N–H and O–H groups in total. The van der Waals surface area contributed by atoms with Gasteiger partial charge in [-0.05, 0) is 36.3 Å². The summed E-state index contributed by atoms with van der Waals surface area (Å²) < 4.78 is 0. The van der Waals surface area contributed by atoms with Gasteiger partial charge in [0.15, 0.2) is 5.78 Å². The number of hydrazone groups is 1. The van der Waals surface area contributed by atoms with Crippen LogP contribution in [0.15, 0.2) is 83.0 Å². The molecule has 0 radical (unpaired) electrons. The van der Waals surface area contributed by atoms with Crippen molar-refractivity contribution in [3.63, 3.8) is 0 Å². The lowest BCUT2D eigenvalue weighted by molar-refractivity contribution is 0.103. The first-order valence-corrected chi connectivity index (χ1v) is 7.98. The molecule has 1 aliphatic carbocycles. The average molecular weight is 316 g/mol. The summed E-state index contributed by atoms with van der Waals surface area (Å²) in [5, 5.41) is 6.20. The molecule has 2 aromatic carbocycles. The van der Waals surface area contributed by atoms with Gasteiger partial charge in [-0.3, -0.25) is 9.80 Å². The molecule has 3 nitrogen and oxygen atoms in total. The van der Waals surface area contributed by atoms with E-state index in [2.05, 4.69) is 5.10 Å². The molecule has 0 spiro atoms. The second kappa shape index (κ2) is 7.09. The number of Topliss-reactive ketones (excluding diaryl/α,β-unsaturated/α-hetero) is 1. The van der Waals surface area contributed by atoms with E-state index in [-0.39, 0.29) is 5.78 Å². The van der Waals surface area contributed by atoms with Gasteiger partial charge in [0.05, 0.1) is 5.69 Å². The molecule has 0 aromatic heterocycles. The highest BCUT2D eigenvalue weighted by molar-refractivity contribution is 6.13. The van der Waals surface area contributed by atoms with Crippen molar-refractivity contribution in [1.82, 2.24) is 0 Å². The summed E-state index contributed by atoms with van der Waals surface area (Å²) in [5.74, 6) is 0.136. The van der Waals surface area contributed by atoms with Gasteiger partial charge in [0.25, 0.3) is 0 Å². The highest BCUT2D eigenvalue weighted by Crippen LogP contribution is 2.26. The standard InChI is InChI=1S/C21H20N2O/c1-16(12-13-22-23(2)19-9-4-3-5-10-19)14-18-15-17-8-6-7-11-20(17)21(18)24/h3-14H,15H2,1-2H3/b16-12-,18-14-,22-13-. The van der Waals surface area contributed by atoms with Crippen LogP contribution >= 0.6 is 0 Å². The van der Waals surface area contributed by atoms with Gasteiger partial charge in [-0.25, -0.2) is 0 Å². The third-order valence-corrected chi connectivity index (χ3v) is 4.04. The fourth-order valence-corrected chi connectivity index (χ4v) is 2.76. The van der Waals surface area contributed by atoms with Crippen molar-refractivity contribution in [2.75, 3.05) is 12.1 Å². The summed E-state index contributed by atoms with van der Waals surface area (Å²) in [4.78, 5) is 12.4. The molecule has 0 bridgehead atoms. The summed E-state index contributed by atoms with van der Waals surface area (Å²) in [6, 6.07) is 17.8. The van der Waals surface area contributed by atoms with Crippen molar-refractivity contribution in [2.45, 2.75) is 13.3 Å². The van der Waals surface area contributed by atoms with Crippen LogP contribution in [0.2, 0.25) is 0 Å². The molecule has 120 valence electrons. The van der Waals surface area contributed by atoms with E-state index >= 15 is 0 Å². The second-order valence-electron chi connectivity index (χ2n) is 5.87. The molecule has 0 atom stereocenters. The topological polar surface area (TPSA) is 32.7 Å². The normalized spacial score (nSPS) is 16.0. The van der Waals surface area contributed by atoms with Gasteiger partial charge in [0, 0.05) is 30.8 Å². The van der Waals surface area contributed by atoms with Crippen molar-refractivity contribution in [1.29, 1.82) is 0 Å². The summed E-state index contributed by atoms with van der Waals surface area (Å²) in [7, 11) is 1.91. The Labute approximate surface area is 142 Å². The van der Waals surface area contributed by atoms with Crippen LogP contribution in [0.4, 0.5) is 5.69 Å². The largest absolute Gasteiger partial charge is 0.289 e. The van der Waals surface area contributed by atoms with Crippen LogP contribution in [-0.2, 0) is 6.42 Å². The zero-order valence-electron chi connectivity index (χ0n) is 13.9. The first kappa shape index (κ1) is 15.9. The molecule has 2 aromatic rings. The minimum atomic E-state index is 0.136. The Bertz CT molecular complexity index is 832. The zero-order valence-corrected chi connectivity index (χ0v) is 13.9. The number of hydrogen-bond acceptors (Lipinski definition) is 3. The number of hydrogen-bond donors (Lipinski definition) is 0. The molecular formula is C21H20N2O. The number of rotatable bonds is 4. The molecule has 1 aliphatic rings. The third kappa shape index (κ3) is 3.51. The van der Waals surface area contributed by atoms with Gasteiger partial charge < -0.3 is 0 Å². The van der Waals surface area contributed by atoms with Crippen LogP contribution < -0.4 is 5.01 Å². The minimum Gasteiger partial charge on any atom is -0.289 e. The molecule has 3 heteroatoms. The fraction of sp³-hybridized carbons (Fsp3) is 0.143. The van der Waals surface area contributed by atoms with Crippen LogP contribution in [0.3, 0.4) is 0 Å². The number of fused-ring (bicyclic) bond motifs is 1. The van der Waals surface area contributed by atoms with E-state index in [1.165, 1.54) is 0 Å². The maximum absolute atomic E-state index is 12.4. The first-order valence-electron chi connectivity index (χ1n) is 7.98. The Balaban J connectivity index is 1.69. The van der Waals surface area contributed by atoms with E-state index < -0.39 is 0 Å². The number of carbonyl (C=O) groups excluding carboxylic acids is 1. The lowest BCUT2D eigenvalue weighted by atomic mass is 10.1. The highest BCUT2D eigenvalue weighted by atomic mass is 16.1. The number of ketones is 1. The number of allylic oxidation sites excluding steroid dienone is 4. The predicted molar refractivity (Wildman–Crippen MR) is 99.7 cm³/mol. The van der Waals surface area contributed by atoms with Crippen molar-refractivity contribution in [3.8, 4) is 0 Å². The SMILES string of the molecule is CC(=C/C=N\N(C)c1ccccc1)/C=C1/Cc2ccccc2C1=O. The summed E-state index contributed by atoms with van der Waals surface area (Å²) >= 11 is 0. The molecule has 0 unspecified atom stereocenters. The van der Waals surface area contributed by atoms with Gasteiger partial charge in [-0.2, -0.15) is 5.10 Å². The van der Waals surface area contributed by atoms with Crippen LogP contribution in [0.5, 0.6) is 0 Å². The van der Waals surface area contributed by atoms with Gasteiger partial charge in [0.1, 0.15) is 0 Å². The molecule has 24 heavy (non-hydrogen) atoms. The summed E-state index contributed by atoms with van der Waals surface area (Å²) in [6.45, 7) is 1.98. The van der Waals surface area contributed by atoms with Crippen LogP contribution in [0.1, 0.15) is 22.8 Å². The number of benzene rings is 2. The predicted octanol–water partition coefficient (Wildman–Crippen LogP) is 4.42. The Morgan fingerprint density at radius 2 is 1.79 bits per heavy atom. The lowest BCUT2D eigenvalue weighted by Crippen LogP contribution is -2.07. The van der Waals surface area contributed by atoms with Gasteiger partial charge in [-0.1, -0.05) is 48.5 Å². The monoisotopic (exact) mass is 316 g/mol. The van der Waals surface area contributed by atoms with Gasteiger partial charge in [0.2, 0.25) is 0 Å². The summed E-state index contributed by atoms with van der Waals surface area (Å²) in [5.41, 5.74) is 4.82. The minimum absolute atomic E-state index is 0.136. The quantitative estimate of drug-likeness (QED) is 0.475. The number of anilines is 1. The van der Waals surface area contributed by atoms with E-state index in [1.54, 1.807) is 6.21 Å². The van der Waals surface area contributed by atoms with Gasteiger partial charge >= 0.3 is 0 Å². The van der Waals surface area contributed by atoms with E-state index in [4.69, 9.17) is 0 Å². The first-order chi connectivity index (χ1) is 11.6. The van der Waals surface area contributed by atoms with E-state index in [0.29, 0.717) is 6.42 Å². The van der Waals surface area contributed by atoms with E-state index in [1.807, 2.05) is 85.7 Å². The highest BCUT2D eigenvalue weighted by Gasteiger charge is 2.23. The number of para-hydroxylation sites is 1. The lowest BCUT2D eigenvalue weighted by Gasteiger charge is -2.11. The molecule has 0 heterocycles. The van der Waals surface area contributed by atoms with Crippen LogP contribution in [0.25, 0.3) is 0 Å². The maximum atomic E-state index is 12.4. The summed E-state index contributed by atoms with van der Waals surface area (Å²) in [6.07, 6.45) is 6.34. The molecule has 3 rings (SSSR count). The van der Waals surface area contributed by atoms with Gasteiger partial charge in [-0.15, -0.1) is 0 Å². The molecule has 0 amide bonds. The molecule has 0 aliphatic heterocycles. The van der Waals surface area contributed by atoms with E-state index in [0.717, 1.165) is 28.0 Å². The fourth-order valence-electron chi connectivity index (χ4n) is 2.76. The number of carbonyl (C=O) groups is 1. The van der Waals surface area contributed by atoms with Crippen molar-refractivity contribution < 1.29 is 4.79 Å². The molecule has 0 saturated carbocycles. The van der Waals surface area contributed by atoms with Crippen LogP contribution in [0, 0.1) is 0 Å². The van der Waals surface area contributed by atoms with Crippen molar-refractivity contribution >= 4 is 17.7 Å².